The fourth-order valence-corrected chi connectivity index (χ4v) is 11.1. The van der Waals surface area contributed by atoms with Gasteiger partial charge in [0.1, 0.15) is 5.75 Å². The molecule has 0 saturated carbocycles. The van der Waals surface area contributed by atoms with Gasteiger partial charge in [-0.25, -0.2) is 0 Å². The molecule has 0 heterocycles. The van der Waals surface area contributed by atoms with Crippen LogP contribution in [0, 0.1) is 13.8 Å². The lowest BCUT2D eigenvalue weighted by molar-refractivity contribution is 0.185. The first-order valence-corrected chi connectivity index (χ1v) is 37.1. The Hall–Kier alpha value is -5.12. The summed E-state index contributed by atoms with van der Waals surface area (Å²) < 4.78 is 16.9. The molecule has 0 unspecified atom stereocenters. The molecule has 10 heteroatoms. The Balaban J connectivity index is 0.000000613. The molecule has 0 atom stereocenters. The second-order valence-electron chi connectivity index (χ2n) is 25.4. The first kappa shape index (κ1) is 82.9. The van der Waals surface area contributed by atoms with Crippen molar-refractivity contribution in [2.24, 2.45) is 0 Å². The van der Waals surface area contributed by atoms with Crippen LogP contribution in [0.5, 0.6) is 40.2 Å². The van der Waals surface area contributed by atoms with Crippen molar-refractivity contribution in [2.75, 3.05) is 67.7 Å². The fraction of sp³-hybridized carbons (Fsp3) is 0.700. The molecule has 0 bridgehead atoms. The number of hydrogen-bond acceptors (Lipinski definition) is 10. The molecule has 0 spiro atoms. The maximum Gasteiger partial charge on any atom is 0.162 e. The number of anilines is 3. The Morgan fingerprint density at radius 2 is 0.722 bits per heavy atom. The first-order chi connectivity index (χ1) is 43.7. The van der Waals surface area contributed by atoms with Gasteiger partial charge in [0.05, 0.1) is 19.8 Å². The number of phenols is 4. The molecule has 4 rings (SSSR count). The van der Waals surface area contributed by atoms with Crippen LogP contribution in [-0.4, -0.2) is 79.5 Å². The van der Waals surface area contributed by atoms with Crippen molar-refractivity contribution in [1.82, 2.24) is 0 Å². The third-order valence-electron chi connectivity index (χ3n) is 17.1. The third-order valence-corrected chi connectivity index (χ3v) is 17.1. The topological polar surface area (TPSA) is 118 Å². The summed E-state index contributed by atoms with van der Waals surface area (Å²) in [4.78, 5) is 7.50. The molecule has 0 aliphatic heterocycles. The average Bonchev–Trinajstić information content (AvgIpc) is 1.49. The van der Waals surface area contributed by atoms with Crippen molar-refractivity contribution in [3.63, 3.8) is 0 Å². The Kier molecular flexibility index (Phi) is 51.1. The molecular formula is C80H139N3O7. The molecule has 10 nitrogen and oxygen atoms in total. The molecule has 0 amide bonds. The van der Waals surface area contributed by atoms with Crippen molar-refractivity contribution < 1.29 is 34.6 Å². The summed E-state index contributed by atoms with van der Waals surface area (Å²) in [5.74, 6) is 3.02. The van der Waals surface area contributed by atoms with Gasteiger partial charge in [-0.3, -0.25) is 0 Å². The van der Waals surface area contributed by atoms with E-state index in [1.807, 2.05) is 50.2 Å². The molecule has 0 aliphatic carbocycles. The van der Waals surface area contributed by atoms with Crippen molar-refractivity contribution in [3.05, 3.63) is 83.4 Å². The number of phenolic OH excluding ortho intramolecular Hbond substituents is 4. The first-order valence-electron chi connectivity index (χ1n) is 37.1. The summed E-state index contributed by atoms with van der Waals surface area (Å²) in [5.41, 5.74) is 6.77. The van der Waals surface area contributed by atoms with Crippen LogP contribution in [0.25, 0.3) is 0 Å². The van der Waals surface area contributed by atoms with E-state index in [1.54, 1.807) is 19.2 Å². The minimum Gasteiger partial charge on any atom is -0.508 e. The number of benzene rings is 4. The van der Waals surface area contributed by atoms with E-state index in [1.165, 1.54) is 216 Å². The summed E-state index contributed by atoms with van der Waals surface area (Å²) in [5, 5.41) is 40.0. The zero-order valence-electron chi connectivity index (χ0n) is 60.5. The van der Waals surface area contributed by atoms with Gasteiger partial charge >= 0.3 is 0 Å². The van der Waals surface area contributed by atoms with Gasteiger partial charge in [-0.15, -0.1) is 0 Å². The fourth-order valence-electron chi connectivity index (χ4n) is 11.1. The van der Waals surface area contributed by atoms with Gasteiger partial charge in [0, 0.05) is 68.5 Å². The number of hydrogen-bond donors (Lipinski definition) is 4. The van der Waals surface area contributed by atoms with Crippen LogP contribution in [0.15, 0.2) is 66.7 Å². The number of unbranched alkanes of at least 4 members (excludes halogenated alkanes) is 24. The van der Waals surface area contributed by atoms with Crippen LogP contribution < -0.4 is 28.9 Å². The van der Waals surface area contributed by atoms with E-state index in [0.717, 1.165) is 81.6 Å². The lowest BCUT2D eigenvalue weighted by Gasteiger charge is -2.26. The molecule has 0 fully saturated rings. The predicted octanol–water partition coefficient (Wildman–Crippen LogP) is 23.7. The van der Waals surface area contributed by atoms with E-state index >= 15 is 0 Å². The molecule has 0 aliphatic rings. The number of aromatic hydroxyl groups is 4. The van der Waals surface area contributed by atoms with E-state index in [2.05, 4.69) is 102 Å². The monoisotopic (exact) mass is 1250 g/mol. The second-order valence-corrected chi connectivity index (χ2v) is 25.4. The lowest BCUT2D eigenvalue weighted by Crippen LogP contribution is -2.26. The molecule has 4 aromatic rings. The number of rotatable bonds is 49. The third kappa shape index (κ3) is 38.0. The molecule has 4 aromatic carbocycles. The van der Waals surface area contributed by atoms with Crippen LogP contribution in [0.4, 0.5) is 17.1 Å². The van der Waals surface area contributed by atoms with Crippen LogP contribution in [0.2, 0.25) is 0 Å². The maximum atomic E-state index is 10.2. The summed E-state index contributed by atoms with van der Waals surface area (Å²) in [6.45, 7) is 33.4. The average molecular weight is 1260 g/mol. The van der Waals surface area contributed by atoms with Gasteiger partial charge in [-0.05, 0) is 150 Å². The minimum absolute atomic E-state index is 0.197. The summed E-state index contributed by atoms with van der Waals surface area (Å²) >= 11 is 0. The van der Waals surface area contributed by atoms with Crippen molar-refractivity contribution in [1.29, 1.82) is 0 Å². The minimum atomic E-state index is 0.197. The largest absolute Gasteiger partial charge is 0.508 e. The van der Waals surface area contributed by atoms with Gasteiger partial charge in [0.2, 0.25) is 0 Å². The highest BCUT2D eigenvalue weighted by molar-refractivity contribution is 5.60. The number of nitrogens with zero attached hydrogens (tertiary/aromatic N) is 3. The van der Waals surface area contributed by atoms with Crippen LogP contribution in [0.3, 0.4) is 0 Å². The van der Waals surface area contributed by atoms with E-state index < -0.39 is 0 Å². The van der Waals surface area contributed by atoms with Gasteiger partial charge in [-0.2, -0.15) is 0 Å². The SMILES string of the molecule is CCC(CC)Oc1cc(C)ccc1O.CCCCCCN(CCCCCC)c1cc(C)c(O)c(OC)c1.CCCCCCOc1cc(N(CCCCCC)CCCCCC)ccc1O.CCCCCCc1cc(N(CCCCCC)CCCCCC)ccc1O. The molecule has 0 radical (unpaired) electrons. The van der Waals surface area contributed by atoms with Crippen LogP contribution in [0.1, 0.15) is 304 Å². The smallest absolute Gasteiger partial charge is 0.162 e. The van der Waals surface area contributed by atoms with E-state index in [-0.39, 0.29) is 23.4 Å². The van der Waals surface area contributed by atoms with E-state index in [4.69, 9.17) is 14.2 Å². The molecule has 4 N–H and O–H groups in total. The summed E-state index contributed by atoms with van der Waals surface area (Å²) in [6.07, 6.45) is 43.7. The normalized spacial score (nSPS) is 10.9. The summed E-state index contributed by atoms with van der Waals surface area (Å²) in [7, 11) is 1.62. The molecule has 0 saturated heterocycles. The van der Waals surface area contributed by atoms with E-state index in [0.29, 0.717) is 29.6 Å². The molecular weight excluding hydrogens is 1110 g/mol. The van der Waals surface area contributed by atoms with Gasteiger partial charge < -0.3 is 49.3 Å². The highest BCUT2D eigenvalue weighted by atomic mass is 16.5. The van der Waals surface area contributed by atoms with Crippen LogP contribution >= 0.6 is 0 Å². The highest BCUT2D eigenvalue weighted by Gasteiger charge is 2.16. The van der Waals surface area contributed by atoms with E-state index in [9.17, 15) is 20.4 Å². The van der Waals surface area contributed by atoms with Gasteiger partial charge in [0.25, 0.3) is 0 Å². The van der Waals surface area contributed by atoms with Crippen LogP contribution in [-0.2, 0) is 6.42 Å². The standard InChI is InChI=1S/C24H43NO2.C24H43NO.C20H35NO2.C12H18O2/c1-4-7-10-13-18-25(19-14-11-8-5-2)22-16-17-23(26)24(21-22)27-20-15-12-9-6-3;1-4-7-10-13-16-22-21-23(17-18-24(22)26)25(19-14-11-8-5-2)20-15-12-9-6-3;1-5-7-9-11-13-21(14-12-10-8-6-2)18-15-17(3)20(22)19(16-18)23-4;1-4-10(5-2)14-12-8-9(3)6-7-11(12)13/h16-17,21,26H,4-15,18-20H2,1-3H3;17-18,21,26H,4-16,19-20H2,1-3H3;15-16,22H,5-14H2,1-4H3;6-8,10,13H,4-5H2,1-3H3. The number of aryl methyl sites for hydroxylation is 3. The highest BCUT2D eigenvalue weighted by Crippen LogP contribution is 2.36. The van der Waals surface area contributed by atoms with Crippen molar-refractivity contribution in [2.45, 2.75) is 314 Å². The zero-order chi connectivity index (χ0) is 66.4. The predicted molar refractivity (Wildman–Crippen MR) is 392 cm³/mol. The molecule has 516 valence electrons. The Labute approximate surface area is 554 Å². The van der Waals surface area contributed by atoms with Crippen molar-refractivity contribution in [3.8, 4) is 40.2 Å². The lowest BCUT2D eigenvalue weighted by atomic mass is 10.0. The second kappa shape index (κ2) is 55.5. The molecule has 90 heavy (non-hydrogen) atoms. The van der Waals surface area contributed by atoms with Crippen molar-refractivity contribution >= 4 is 17.1 Å². The molecule has 0 aromatic heterocycles. The summed E-state index contributed by atoms with van der Waals surface area (Å²) in [6, 6.07) is 21.6. The zero-order valence-corrected chi connectivity index (χ0v) is 60.5. The number of ether oxygens (including phenoxy) is 3. The Morgan fingerprint density at radius 1 is 0.356 bits per heavy atom. The van der Waals surface area contributed by atoms with Gasteiger partial charge in [0.15, 0.2) is 34.5 Å². The Morgan fingerprint density at radius 3 is 1.14 bits per heavy atom. The maximum absolute atomic E-state index is 10.2. The quantitative estimate of drug-likeness (QED) is 0.0318. The Bertz CT molecular complexity index is 2270. The van der Waals surface area contributed by atoms with Gasteiger partial charge in [-0.1, -0.05) is 229 Å². The number of methoxy groups -OCH3 is 1.